The predicted molar refractivity (Wildman–Crippen MR) is 54.2 cm³/mol. The summed E-state index contributed by atoms with van der Waals surface area (Å²) in [6, 6.07) is 1.22. The maximum atomic E-state index is 3.78. The van der Waals surface area contributed by atoms with E-state index in [1.54, 1.807) is 0 Å². The third kappa shape index (κ3) is 2.98. The SMILES string of the molecule is C=CC(C)NC1CCC(C)CC1. The molecule has 1 nitrogen and oxygen atoms in total. The van der Waals surface area contributed by atoms with Crippen molar-refractivity contribution < 1.29 is 0 Å². The Morgan fingerprint density at radius 3 is 2.42 bits per heavy atom. The van der Waals surface area contributed by atoms with Crippen molar-refractivity contribution in [3.05, 3.63) is 12.7 Å². The minimum Gasteiger partial charge on any atom is -0.308 e. The molecule has 0 aromatic rings. The van der Waals surface area contributed by atoms with Crippen LogP contribution in [0.3, 0.4) is 0 Å². The summed E-state index contributed by atoms with van der Waals surface area (Å²) in [4.78, 5) is 0. The molecule has 0 amide bonds. The van der Waals surface area contributed by atoms with Crippen molar-refractivity contribution in [2.75, 3.05) is 0 Å². The Balaban J connectivity index is 2.21. The van der Waals surface area contributed by atoms with Crippen LogP contribution in [0.25, 0.3) is 0 Å². The van der Waals surface area contributed by atoms with E-state index in [0.717, 1.165) is 12.0 Å². The molecule has 1 unspecified atom stereocenters. The monoisotopic (exact) mass is 167 g/mol. The van der Waals surface area contributed by atoms with Gasteiger partial charge in [0.15, 0.2) is 0 Å². The summed E-state index contributed by atoms with van der Waals surface area (Å²) >= 11 is 0. The Labute approximate surface area is 76.2 Å². The average Bonchev–Trinajstić information content (AvgIpc) is 2.09. The van der Waals surface area contributed by atoms with E-state index in [-0.39, 0.29) is 0 Å². The molecular formula is C11H21N. The van der Waals surface area contributed by atoms with Crippen LogP contribution in [0.4, 0.5) is 0 Å². The Morgan fingerprint density at radius 1 is 1.33 bits per heavy atom. The van der Waals surface area contributed by atoms with Crippen LogP contribution in [0.1, 0.15) is 39.5 Å². The average molecular weight is 167 g/mol. The highest BCUT2D eigenvalue weighted by atomic mass is 14.9. The Kier molecular flexibility index (Phi) is 3.80. The standard InChI is InChI=1S/C11H21N/c1-4-10(3)12-11-7-5-9(2)6-8-11/h4,9-12H,1,5-8H2,2-3H3. The largest absolute Gasteiger partial charge is 0.308 e. The van der Waals surface area contributed by atoms with Gasteiger partial charge in [-0.25, -0.2) is 0 Å². The zero-order valence-electron chi connectivity index (χ0n) is 8.34. The molecule has 1 aliphatic rings. The summed E-state index contributed by atoms with van der Waals surface area (Å²) in [6.07, 6.45) is 7.46. The maximum Gasteiger partial charge on any atom is 0.0221 e. The van der Waals surface area contributed by atoms with Crippen molar-refractivity contribution in [3.63, 3.8) is 0 Å². The second kappa shape index (κ2) is 4.66. The smallest absolute Gasteiger partial charge is 0.0221 e. The molecule has 0 aromatic heterocycles. The van der Waals surface area contributed by atoms with E-state index in [2.05, 4.69) is 25.7 Å². The number of nitrogens with one attached hydrogen (secondary N) is 1. The van der Waals surface area contributed by atoms with E-state index in [0.29, 0.717) is 6.04 Å². The van der Waals surface area contributed by atoms with Gasteiger partial charge >= 0.3 is 0 Å². The molecule has 0 bridgehead atoms. The first kappa shape index (κ1) is 9.79. The summed E-state index contributed by atoms with van der Waals surface area (Å²) < 4.78 is 0. The van der Waals surface area contributed by atoms with E-state index in [4.69, 9.17) is 0 Å². The molecule has 0 saturated heterocycles. The number of rotatable bonds is 3. The quantitative estimate of drug-likeness (QED) is 0.637. The molecule has 1 fully saturated rings. The number of hydrogen-bond donors (Lipinski definition) is 1. The third-order valence-corrected chi connectivity index (χ3v) is 2.87. The maximum absolute atomic E-state index is 3.78. The third-order valence-electron chi connectivity index (χ3n) is 2.87. The molecule has 1 saturated carbocycles. The van der Waals surface area contributed by atoms with Crippen molar-refractivity contribution in [2.45, 2.75) is 51.6 Å². The fourth-order valence-corrected chi connectivity index (χ4v) is 1.87. The topological polar surface area (TPSA) is 12.0 Å². The molecule has 0 aromatic carbocycles. The van der Waals surface area contributed by atoms with Crippen LogP contribution in [0.15, 0.2) is 12.7 Å². The van der Waals surface area contributed by atoms with Gasteiger partial charge in [-0.1, -0.05) is 13.0 Å². The van der Waals surface area contributed by atoms with Crippen LogP contribution in [-0.2, 0) is 0 Å². The van der Waals surface area contributed by atoms with Crippen LogP contribution >= 0.6 is 0 Å². The second-order valence-electron chi connectivity index (χ2n) is 4.15. The highest BCUT2D eigenvalue weighted by molar-refractivity contribution is 4.86. The molecule has 1 rings (SSSR count). The highest BCUT2D eigenvalue weighted by Crippen LogP contribution is 2.23. The second-order valence-corrected chi connectivity index (χ2v) is 4.15. The van der Waals surface area contributed by atoms with Crippen molar-refractivity contribution in [2.24, 2.45) is 5.92 Å². The van der Waals surface area contributed by atoms with Crippen molar-refractivity contribution in [1.29, 1.82) is 0 Å². The fourth-order valence-electron chi connectivity index (χ4n) is 1.87. The normalized spacial score (nSPS) is 32.8. The predicted octanol–water partition coefficient (Wildman–Crippen LogP) is 2.73. The molecule has 1 atom stereocenters. The van der Waals surface area contributed by atoms with Gasteiger partial charge in [0.2, 0.25) is 0 Å². The van der Waals surface area contributed by atoms with Gasteiger partial charge in [0.1, 0.15) is 0 Å². The summed E-state index contributed by atoms with van der Waals surface area (Å²) in [5.41, 5.74) is 0. The van der Waals surface area contributed by atoms with Gasteiger partial charge in [0.25, 0.3) is 0 Å². The van der Waals surface area contributed by atoms with Gasteiger partial charge < -0.3 is 5.32 Å². The first-order chi connectivity index (χ1) is 5.72. The van der Waals surface area contributed by atoms with E-state index < -0.39 is 0 Å². The molecule has 0 aliphatic heterocycles. The molecular weight excluding hydrogens is 146 g/mol. The van der Waals surface area contributed by atoms with Crippen LogP contribution in [-0.4, -0.2) is 12.1 Å². The zero-order valence-corrected chi connectivity index (χ0v) is 8.34. The number of hydrogen-bond acceptors (Lipinski definition) is 1. The van der Waals surface area contributed by atoms with E-state index in [1.807, 2.05) is 6.08 Å². The summed E-state index contributed by atoms with van der Waals surface area (Å²) in [7, 11) is 0. The molecule has 70 valence electrons. The van der Waals surface area contributed by atoms with Gasteiger partial charge in [-0.2, -0.15) is 0 Å². The Bertz CT molecular complexity index is 134. The van der Waals surface area contributed by atoms with Crippen molar-refractivity contribution in [3.8, 4) is 0 Å². The lowest BCUT2D eigenvalue weighted by molar-refractivity contribution is 0.300. The van der Waals surface area contributed by atoms with Crippen LogP contribution < -0.4 is 5.32 Å². The lowest BCUT2D eigenvalue weighted by Crippen LogP contribution is -2.37. The highest BCUT2D eigenvalue weighted by Gasteiger charge is 2.18. The summed E-state index contributed by atoms with van der Waals surface area (Å²) in [6.45, 7) is 8.30. The fraction of sp³-hybridized carbons (Fsp3) is 0.818. The molecule has 0 heterocycles. The minimum absolute atomic E-state index is 0.475. The Hall–Kier alpha value is -0.300. The first-order valence-electron chi connectivity index (χ1n) is 5.11. The summed E-state index contributed by atoms with van der Waals surface area (Å²) in [5, 5.41) is 3.57. The van der Waals surface area contributed by atoms with E-state index in [1.165, 1.54) is 25.7 Å². The van der Waals surface area contributed by atoms with E-state index >= 15 is 0 Å². The minimum atomic E-state index is 0.475. The molecule has 1 heteroatoms. The van der Waals surface area contributed by atoms with Gasteiger partial charge in [-0.05, 0) is 38.5 Å². The summed E-state index contributed by atoms with van der Waals surface area (Å²) in [5.74, 6) is 0.946. The Morgan fingerprint density at radius 2 is 1.92 bits per heavy atom. The van der Waals surface area contributed by atoms with Crippen LogP contribution in [0.5, 0.6) is 0 Å². The molecule has 0 spiro atoms. The lowest BCUT2D eigenvalue weighted by Gasteiger charge is -2.28. The van der Waals surface area contributed by atoms with Gasteiger partial charge in [0, 0.05) is 12.1 Å². The van der Waals surface area contributed by atoms with E-state index in [9.17, 15) is 0 Å². The zero-order chi connectivity index (χ0) is 8.97. The van der Waals surface area contributed by atoms with Crippen LogP contribution in [0.2, 0.25) is 0 Å². The molecule has 0 radical (unpaired) electrons. The molecule has 1 N–H and O–H groups in total. The lowest BCUT2D eigenvalue weighted by atomic mass is 9.87. The van der Waals surface area contributed by atoms with Gasteiger partial charge in [-0.15, -0.1) is 6.58 Å². The molecule has 12 heavy (non-hydrogen) atoms. The van der Waals surface area contributed by atoms with Crippen LogP contribution in [0, 0.1) is 5.92 Å². The van der Waals surface area contributed by atoms with Gasteiger partial charge in [-0.3, -0.25) is 0 Å². The van der Waals surface area contributed by atoms with Crippen molar-refractivity contribution in [1.82, 2.24) is 5.32 Å². The van der Waals surface area contributed by atoms with Crippen molar-refractivity contribution >= 4 is 0 Å². The van der Waals surface area contributed by atoms with Gasteiger partial charge in [0.05, 0.1) is 0 Å². The molecule has 1 aliphatic carbocycles. The first-order valence-corrected chi connectivity index (χ1v) is 5.11.